The molecule has 1 aliphatic heterocycles. The van der Waals surface area contributed by atoms with Crippen LogP contribution in [0.25, 0.3) is 6.08 Å². The summed E-state index contributed by atoms with van der Waals surface area (Å²) in [5, 5.41) is 0. The highest BCUT2D eigenvalue weighted by Gasteiger charge is 2.06. The van der Waals surface area contributed by atoms with Crippen molar-refractivity contribution in [3.8, 4) is 0 Å². The summed E-state index contributed by atoms with van der Waals surface area (Å²) in [7, 11) is 0. The molecular weight excluding hydrogens is 184 g/mol. The van der Waals surface area contributed by atoms with Crippen molar-refractivity contribution in [3.63, 3.8) is 0 Å². The molecule has 0 bridgehead atoms. The van der Waals surface area contributed by atoms with Crippen LogP contribution in [0.4, 0.5) is 0 Å². The molecular formula is C10H10S2. The van der Waals surface area contributed by atoms with Gasteiger partial charge in [-0.2, -0.15) is 0 Å². The molecule has 1 aliphatic rings. The highest BCUT2D eigenvalue weighted by atomic mass is 32.2. The van der Waals surface area contributed by atoms with Crippen molar-refractivity contribution in [2.24, 2.45) is 0 Å². The van der Waals surface area contributed by atoms with Gasteiger partial charge in [0.05, 0.1) is 0 Å². The quantitative estimate of drug-likeness (QED) is 0.671. The fraction of sp³-hybridized carbons (Fsp3) is 0.200. The van der Waals surface area contributed by atoms with Gasteiger partial charge in [-0.15, -0.1) is 23.5 Å². The van der Waals surface area contributed by atoms with Gasteiger partial charge >= 0.3 is 0 Å². The summed E-state index contributed by atoms with van der Waals surface area (Å²) in [5.41, 5.74) is 1.31. The first-order valence-electron chi connectivity index (χ1n) is 3.97. The van der Waals surface area contributed by atoms with Crippen molar-refractivity contribution in [2.75, 3.05) is 11.5 Å². The Morgan fingerprint density at radius 3 is 2.33 bits per heavy atom. The molecule has 0 N–H and O–H groups in total. The lowest BCUT2D eigenvalue weighted by Gasteiger charge is -1.94. The molecule has 1 aromatic carbocycles. The molecule has 1 aromatic rings. The maximum Gasteiger partial charge on any atom is 0.0407 e. The van der Waals surface area contributed by atoms with Crippen LogP contribution in [-0.2, 0) is 0 Å². The first-order chi connectivity index (χ1) is 5.95. The van der Waals surface area contributed by atoms with Gasteiger partial charge in [-0.25, -0.2) is 0 Å². The Labute approximate surface area is 81.4 Å². The van der Waals surface area contributed by atoms with Gasteiger partial charge in [-0.05, 0) is 11.6 Å². The first kappa shape index (κ1) is 8.27. The fourth-order valence-corrected chi connectivity index (χ4v) is 3.44. The lowest BCUT2D eigenvalue weighted by Crippen LogP contribution is -1.68. The van der Waals surface area contributed by atoms with Gasteiger partial charge in [0.15, 0.2) is 0 Å². The van der Waals surface area contributed by atoms with Crippen LogP contribution in [0.2, 0.25) is 0 Å². The SMILES string of the molecule is C(=C1SCCS1)c1ccccc1. The maximum absolute atomic E-state index is 2.27. The number of rotatable bonds is 1. The van der Waals surface area contributed by atoms with Crippen molar-refractivity contribution in [1.29, 1.82) is 0 Å². The Hall–Kier alpha value is -0.340. The molecule has 2 heteroatoms. The van der Waals surface area contributed by atoms with E-state index >= 15 is 0 Å². The van der Waals surface area contributed by atoms with Crippen molar-refractivity contribution in [2.45, 2.75) is 0 Å². The van der Waals surface area contributed by atoms with Gasteiger partial charge in [-0.1, -0.05) is 30.3 Å². The Kier molecular flexibility index (Phi) is 2.79. The summed E-state index contributed by atoms with van der Waals surface area (Å²) in [6, 6.07) is 10.5. The van der Waals surface area contributed by atoms with Crippen LogP contribution in [0.1, 0.15) is 5.56 Å². The Balaban J connectivity index is 2.16. The van der Waals surface area contributed by atoms with Crippen LogP contribution in [0, 0.1) is 0 Å². The molecule has 62 valence electrons. The zero-order valence-corrected chi connectivity index (χ0v) is 8.33. The minimum Gasteiger partial charge on any atom is -0.118 e. The summed E-state index contributed by atoms with van der Waals surface area (Å²) in [4.78, 5) is 0. The molecule has 0 amide bonds. The third-order valence-corrected chi connectivity index (χ3v) is 4.24. The van der Waals surface area contributed by atoms with Crippen molar-refractivity contribution in [1.82, 2.24) is 0 Å². The number of thioether (sulfide) groups is 2. The molecule has 2 rings (SSSR count). The van der Waals surface area contributed by atoms with E-state index in [2.05, 4.69) is 36.4 Å². The molecule has 1 saturated heterocycles. The average molecular weight is 194 g/mol. The molecule has 1 fully saturated rings. The summed E-state index contributed by atoms with van der Waals surface area (Å²) in [5.74, 6) is 2.53. The standard InChI is InChI=1S/C10H10S2/c1-2-4-9(5-3-1)8-10-11-6-7-12-10/h1-5,8H,6-7H2. The molecule has 0 unspecified atom stereocenters. The van der Waals surface area contributed by atoms with Gasteiger partial charge in [0.25, 0.3) is 0 Å². The first-order valence-corrected chi connectivity index (χ1v) is 5.94. The van der Waals surface area contributed by atoms with Crippen LogP contribution in [0.5, 0.6) is 0 Å². The summed E-state index contributed by atoms with van der Waals surface area (Å²) in [6.07, 6.45) is 2.27. The van der Waals surface area contributed by atoms with Crippen molar-refractivity contribution < 1.29 is 0 Å². The minimum absolute atomic E-state index is 1.27. The van der Waals surface area contributed by atoms with Crippen LogP contribution >= 0.6 is 23.5 Å². The average Bonchev–Trinajstić information content (AvgIpc) is 2.59. The number of benzene rings is 1. The molecule has 0 radical (unpaired) electrons. The van der Waals surface area contributed by atoms with Crippen LogP contribution in [0.15, 0.2) is 34.6 Å². The molecule has 12 heavy (non-hydrogen) atoms. The topological polar surface area (TPSA) is 0 Å². The smallest absolute Gasteiger partial charge is 0.0407 e. The van der Waals surface area contributed by atoms with Crippen LogP contribution in [0.3, 0.4) is 0 Å². The van der Waals surface area contributed by atoms with E-state index in [1.54, 1.807) is 0 Å². The maximum atomic E-state index is 2.27. The second-order valence-corrected chi connectivity index (χ2v) is 5.10. The Bertz CT molecular complexity index is 269. The van der Waals surface area contributed by atoms with Crippen molar-refractivity contribution in [3.05, 3.63) is 40.1 Å². The second kappa shape index (κ2) is 4.06. The number of hydrogen-bond donors (Lipinski definition) is 0. The van der Waals surface area contributed by atoms with Gasteiger partial charge in [0.2, 0.25) is 0 Å². The molecule has 0 saturated carbocycles. The van der Waals surface area contributed by atoms with Crippen LogP contribution in [-0.4, -0.2) is 11.5 Å². The molecule has 0 nitrogen and oxygen atoms in total. The molecule has 0 spiro atoms. The second-order valence-electron chi connectivity index (χ2n) is 2.57. The van der Waals surface area contributed by atoms with Gasteiger partial charge in [0, 0.05) is 15.7 Å². The molecule has 0 atom stereocenters. The predicted octanol–water partition coefficient (Wildman–Crippen LogP) is 3.47. The number of hydrogen-bond acceptors (Lipinski definition) is 2. The Morgan fingerprint density at radius 2 is 1.67 bits per heavy atom. The van der Waals surface area contributed by atoms with Gasteiger partial charge < -0.3 is 0 Å². The minimum atomic E-state index is 1.27. The highest BCUT2D eigenvalue weighted by Crippen LogP contribution is 2.37. The van der Waals surface area contributed by atoms with Crippen LogP contribution < -0.4 is 0 Å². The largest absolute Gasteiger partial charge is 0.118 e. The fourth-order valence-electron chi connectivity index (χ4n) is 1.09. The van der Waals surface area contributed by atoms with Gasteiger partial charge in [-0.3, -0.25) is 0 Å². The lowest BCUT2D eigenvalue weighted by molar-refractivity contribution is 1.59. The monoisotopic (exact) mass is 194 g/mol. The van der Waals surface area contributed by atoms with E-state index < -0.39 is 0 Å². The normalized spacial score (nSPS) is 16.5. The van der Waals surface area contributed by atoms with E-state index in [0.29, 0.717) is 0 Å². The summed E-state index contributed by atoms with van der Waals surface area (Å²) >= 11 is 3.92. The third-order valence-electron chi connectivity index (χ3n) is 1.66. The van der Waals surface area contributed by atoms with E-state index in [4.69, 9.17) is 0 Å². The molecule has 1 heterocycles. The highest BCUT2D eigenvalue weighted by molar-refractivity contribution is 8.25. The van der Waals surface area contributed by atoms with Crippen molar-refractivity contribution >= 4 is 29.6 Å². The Morgan fingerprint density at radius 1 is 1.00 bits per heavy atom. The summed E-state index contributed by atoms with van der Waals surface area (Å²) < 4.78 is 1.46. The van der Waals surface area contributed by atoms with E-state index in [1.807, 2.05) is 23.5 Å². The molecule has 0 aliphatic carbocycles. The van der Waals surface area contributed by atoms with E-state index in [9.17, 15) is 0 Å². The van der Waals surface area contributed by atoms with Gasteiger partial charge in [0.1, 0.15) is 0 Å². The summed E-state index contributed by atoms with van der Waals surface area (Å²) in [6.45, 7) is 0. The third kappa shape index (κ3) is 2.08. The van der Waals surface area contributed by atoms with E-state index in [0.717, 1.165) is 0 Å². The van der Waals surface area contributed by atoms with E-state index in [1.165, 1.54) is 21.3 Å². The zero-order chi connectivity index (χ0) is 8.23. The zero-order valence-electron chi connectivity index (χ0n) is 6.69. The lowest BCUT2D eigenvalue weighted by atomic mass is 10.2. The molecule has 0 aromatic heterocycles. The van der Waals surface area contributed by atoms with E-state index in [-0.39, 0.29) is 0 Å². The predicted molar refractivity (Wildman–Crippen MR) is 59.3 cm³/mol.